The van der Waals surface area contributed by atoms with Gasteiger partial charge in [0.2, 0.25) is 0 Å². The molecule has 0 bridgehead atoms. The fourth-order valence-electron chi connectivity index (χ4n) is 1.90. The van der Waals surface area contributed by atoms with Gasteiger partial charge in [0, 0.05) is 12.6 Å². The lowest BCUT2D eigenvalue weighted by Crippen LogP contribution is -2.27. The van der Waals surface area contributed by atoms with Crippen molar-refractivity contribution in [2.24, 2.45) is 0 Å². The second-order valence-corrected chi connectivity index (χ2v) is 4.24. The second-order valence-electron chi connectivity index (χ2n) is 4.24. The molecular formula is C13H13F2NO2. The second kappa shape index (κ2) is 4.76. The maximum Gasteiger partial charge on any atom is 0.338 e. The summed E-state index contributed by atoms with van der Waals surface area (Å²) >= 11 is 0. The van der Waals surface area contributed by atoms with Crippen LogP contribution in [0.15, 0.2) is 24.8 Å². The standard InChI is InChI=1S/C13H13F2NO2/c1-2-7-16(8-3-4-8)10-6-5-9(13(17)18)11(14)12(10)15/h2,5-6,8H,1,3-4,7H2,(H,17,18). The average molecular weight is 253 g/mol. The molecule has 5 heteroatoms. The molecule has 0 spiro atoms. The van der Waals surface area contributed by atoms with Crippen LogP contribution in [-0.2, 0) is 0 Å². The summed E-state index contributed by atoms with van der Waals surface area (Å²) in [6.07, 6.45) is 3.46. The Kier molecular flexibility index (Phi) is 3.32. The number of carboxylic acids is 1. The van der Waals surface area contributed by atoms with Crippen molar-refractivity contribution in [2.45, 2.75) is 18.9 Å². The highest BCUT2D eigenvalue weighted by molar-refractivity contribution is 5.88. The molecule has 96 valence electrons. The van der Waals surface area contributed by atoms with Crippen LogP contribution in [0.3, 0.4) is 0 Å². The Labute approximate surface area is 103 Å². The Morgan fingerprint density at radius 3 is 2.61 bits per heavy atom. The summed E-state index contributed by atoms with van der Waals surface area (Å²) in [5, 5.41) is 8.71. The summed E-state index contributed by atoms with van der Waals surface area (Å²) < 4.78 is 27.5. The Balaban J connectivity index is 2.41. The first kappa shape index (κ1) is 12.5. The van der Waals surface area contributed by atoms with Crippen molar-refractivity contribution >= 4 is 11.7 Å². The van der Waals surface area contributed by atoms with Gasteiger partial charge >= 0.3 is 5.97 Å². The van der Waals surface area contributed by atoms with E-state index < -0.39 is 23.2 Å². The summed E-state index contributed by atoms with van der Waals surface area (Å²) in [5.74, 6) is -3.89. The number of carboxylic acid groups (broad SMARTS) is 1. The lowest BCUT2D eigenvalue weighted by molar-refractivity contribution is 0.0690. The van der Waals surface area contributed by atoms with Crippen LogP contribution in [0.2, 0.25) is 0 Å². The zero-order valence-corrected chi connectivity index (χ0v) is 9.70. The molecule has 3 nitrogen and oxygen atoms in total. The Morgan fingerprint density at radius 2 is 2.11 bits per heavy atom. The molecule has 1 aliphatic rings. The lowest BCUT2D eigenvalue weighted by Gasteiger charge is -2.23. The van der Waals surface area contributed by atoms with Crippen LogP contribution in [0.1, 0.15) is 23.2 Å². The predicted octanol–water partition coefficient (Wildman–Crippen LogP) is 2.82. The van der Waals surface area contributed by atoms with Crippen molar-refractivity contribution < 1.29 is 18.7 Å². The largest absolute Gasteiger partial charge is 0.478 e. The average Bonchev–Trinajstić information content (AvgIpc) is 3.14. The molecule has 1 aromatic rings. The number of aromatic carboxylic acids is 1. The van der Waals surface area contributed by atoms with E-state index in [1.165, 1.54) is 6.07 Å². The van der Waals surface area contributed by atoms with E-state index in [9.17, 15) is 13.6 Å². The fourth-order valence-corrected chi connectivity index (χ4v) is 1.90. The lowest BCUT2D eigenvalue weighted by atomic mass is 10.1. The number of nitrogens with zero attached hydrogens (tertiary/aromatic N) is 1. The molecule has 1 N–H and O–H groups in total. The van der Waals surface area contributed by atoms with Crippen molar-refractivity contribution in [3.8, 4) is 0 Å². The van der Waals surface area contributed by atoms with Gasteiger partial charge < -0.3 is 10.0 Å². The van der Waals surface area contributed by atoms with Gasteiger partial charge in [-0.2, -0.15) is 0 Å². The normalized spacial score (nSPS) is 14.3. The molecule has 0 unspecified atom stereocenters. The maximum absolute atomic E-state index is 13.9. The van der Waals surface area contributed by atoms with E-state index in [1.54, 1.807) is 11.0 Å². The van der Waals surface area contributed by atoms with Crippen LogP contribution in [-0.4, -0.2) is 23.7 Å². The quantitative estimate of drug-likeness (QED) is 0.820. The molecule has 0 amide bonds. The summed E-state index contributed by atoms with van der Waals surface area (Å²) in [7, 11) is 0. The molecule has 0 radical (unpaired) electrons. The number of hydrogen-bond acceptors (Lipinski definition) is 2. The summed E-state index contributed by atoms with van der Waals surface area (Å²) in [4.78, 5) is 12.4. The zero-order valence-electron chi connectivity index (χ0n) is 9.70. The van der Waals surface area contributed by atoms with Gasteiger partial charge in [-0.1, -0.05) is 6.08 Å². The molecular weight excluding hydrogens is 240 g/mol. The molecule has 0 atom stereocenters. The van der Waals surface area contributed by atoms with Crippen LogP contribution in [0.4, 0.5) is 14.5 Å². The first-order valence-corrected chi connectivity index (χ1v) is 5.65. The van der Waals surface area contributed by atoms with Gasteiger partial charge in [-0.25, -0.2) is 13.6 Å². The Bertz CT molecular complexity index is 498. The molecule has 0 aromatic heterocycles. The zero-order chi connectivity index (χ0) is 13.3. The van der Waals surface area contributed by atoms with Crippen molar-refractivity contribution in [1.82, 2.24) is 0 Å². The number of carbonyl (C=O) groups is 1. The third-order valence-corrected chi connectivity index (χ3v) is 2.92. The third-order valence-electron chi connectivity index (χ3n) is 2.92. The van der Waals surface area contributed by atoms with Crippen molar-refractivity contribution in [3.05, 3.63) is 42.0 Å². The van der Waals surface area contributed by atoms with E-state index in [2.05, 4.69) is 6.58 Å². The van der Waals surface area contributed by atoms with Crippen LogP contribution in [0, 0.1) is 11.6 Å². The van der Waals surface area contributed by atoms with Crippen molar-refractivity contribution in [1.29, 1.82) is 0 Å². The first-order chi connectivity index (χ1) is 8.56. The molecule has 1 saturated carbocycles. The van der Waals surface area contributed by atoms with Gasteiger partial charge in [0.25, 0.3) is 0 Å². The predicted molar refractivity (Wildman–Crippen MR) is 63.9 cm³/mol. The third kappa shape index (κ3) is 2.20. The number of halogens is 2. The molecule has 0 aliphatic heterocycles. The van der Waals surface area contributed by atoms with Gasteiger partial charge in [0.1, 0.15) is 0 Å². The highest BCUT2D eigenvalue weighted by Crippen LogP contribution is 2.34. The minimum atomic E-state index is -1.47. The van der Waals surface area contributed by atoms with Crippen LogP contribution in [0.25, 0.3) is 0 Å². The molecule has 1 aliphatic carbocycles. The topological polar surface area (TPSA) is 40.5 Å². The highest BCUT2D eigenvalue weighted by Gasteiger charge is 2.31. The minimum Gasteiger partial charge on any atom is -0.478 e. The maximum atomic E-state index is 13.9. The molecule has 1 aromatic carbocycles. The van der Waals surface area contributed by atoms with E-state index in [1.807, 2.05) is 0 Å². The van der Waals surface area contributed by atoms with Crippen LogP contribution in [0.5, 0.6) is 0 Å². The first-order valence-electron chi connectivity index (χ1n) is 5.65. The number of anilines is 1. The van der Waals surface area contributed by atoms with Gasteiger partial charge in [-0.3, -0.25) is 0 Å². The van der Waals surface area contributed by atoms with Gasteiger partial charge in [-0.05, 0) is 25.0 Å². The molecule has 2 rings (SSSR count). The molecule has 18 heavy (non-hydrogen) atoms. The Morgan fingerprint density at radius 1 is 1.44 bits per heavy atom. The van der Waals surface area contributed by atoms with E-state index in [-0.39, 0.29) is 11.7 Å². The van der Waals surface area contributed by atoms with Crippen LogP contribution < -0.4 is 4.90 Å². The van der Waals surface area contributed by atoms with Crippen LogP contribution >= 0.6 is 0 Å². The van der Waals surface area contributed by atoms with E-state index in [4.69, 9.17) is 5.11 Å². The van der Waals surface area contributed by atoms with Gasteiger partial charge in [-0.15, -0.1) is 6.58 Å². The van der Waals surface area contributed by atoms with Crippen molar-refractivity contribution in [3.63, 3.8) is 0 Å². The fraction of sp³-hybridized carbons (Fsp3) is 0.308. The summed E-state index contributed by atoms with van der Waals surface area (Å²) in [6, 6.07) is 2.59. The highest BCUT2D eigenvalue weighted by atomic mass is 19.2. The smallest absolute Gasteiger partial charge is 0.338 e. The van der Waals surface area contributed by atoms with E-state index in [0.29, 0.717) is 6.54 Å². The number of benzene rings is 1. The molecule has 0 saturated heterocycles. The van der Waals surface area contributed by atoms with Gasteiger partial charge in [0.15, 0.2) is 11.6 Å². The summed E-state index contributed by atoms with van der Waals surface area (Å²) in [5.41, 5.74) is -0.550. The van der Waals surface area contributed by atoms with Crippen molar-refractivity contribution in [2.75, 3.05) is 11.4 Å². The van der Waals surface area contributed by atoms with Gasteiger partial charge in [0.05, 0.1) is 11.3 Å². The molecule has 0 heterocycles. The number of hydrogen-bond donors (Lipinski definition) is 1. The summed E-state index contributed by atoms with van der Waals surface area (Å²) in [6.45, 7) is 3.99. The number of rotatable bonds is 5. The minimum absolute atomic E-state index is 0.0971. The SMILES string of the molecule is C=CCN(c1ccc(C(=O)O)c(F)c1F)C1CC1. The Hall–Kier alpha value is -1.91. The molecule has 1 fully saturated rings. The van der Waals surface area contributed by atoms with E-state index >= 15 is 0 Å². The monoisotopic (exact) mass is 253 g/mol. The van der Waals surface area contributed by atoms with E-state index in [0.717, 1.165) is 18.9 Å².